The number of imide groups is 1. The van der Waals surface area contributed by atoms with Gasteiger partial charge >= 0.3 is 5.24 Å². The lowest BCUT2D eigenvalue weighted by Gasteiger charge is -2.21. The molecule has 1 aromatic rings. The van der Waals surface area contributed by atoms with E-state index in [1.807, 2.05) is 0 Å². The van der Waals surface area contributed by atoms with Crippen molar-refractivity contribution in [2.24, 2.45) is 5.92 Å². The molecule has 26 heavy (non-hydrogen) atoms. The van der Waals surface area contributed by atoms with E-state index < -0.39 is 22.1 Å². The molecule has 2 aliphatic rings. The molecule has 0 radical (unpaired) electrons. The van der Waals surface area contributed by atoms with Crippen molar-refractivity contribution in [2.75, 3.05) is 6.61 Å². The molecule has 3 rings (SSSR count). The van der Waals surface area contributed by atoms with E-state index in [1.165, 1.54) is 44.2 Å². The highest BCUT2D eigenvalue weighted by molar-refractivity contribution is 8.18. The molecule has 2 amide bonds. The van der Waals surface area contributed by atoms with E-state index in [4.69, 9.17) is 16.3 Å². The Morgan fingerprint density at radius 2 is 2.00 bits per heavy atom. The average molecular weight is 402 g/mol. The maximum Gasteiger partial charge on any atom is 0.322 e. The number of amides is 2. The summed E-state index contributed by atoms with van der Waals surface area (Å²) in [6, 6.07) is 2.57. The molecule has 1 heterocycles. The topological polar surface area (TPSA) is 46.6 Å². The molecule has 1 aliphatic heterocycles. The normalized spacial score (nSPS) is 20.3. The van der Waals surface area contributed by atoms with Gasteiger partial charge in [-0.3, -0.25) is 9.59 Å². The second-order valence-corrected chi connectivity index (χ2v) is 7.82. The van der Waals surface area contributed by atoms with Crippen LogP contribution in [0.5, 0.6) is 5.75 Å². The zero-order chi connectivity index (χ0) is 18.7. The third-order valence-electron chi connectivity index (χ3n) is 4.56. The highest BCUT2D eigenvalue weighted by atomic mass is 35.5. The molecule has 140 valence electrons. The molecule has 0 N–H and O–H groups in total. The Labute approximate surface area is 159 Å². The SMILES string of the molecule is O=C1S/C(=C\c2cc(F)c(OCCC3CCCCC3)c(Cl)c2)C(=O)N1F. The Morgan fingerprint density at radius 1 is 1.27 bits per heavy atom. The van der Waals surface area contributed by atoms with Crippen LogP contribution in [-0.2, 0) is 4.79 Å². The fourth-order valence-electron chi connectivity index (χ4n) is 3.20. The lowest BCUT2D eigenvalue weighted by Crippen LogP contribution is -2.17. The maximum absolute atomic E-state index is 14.3. The number of carbonyl (C=O) groups is 2. The highest BCUT2D eigenvalue weighted by Crippen LogP contribution is 2.35. The fourth-order valence-corrected chi connectivity index (χ4v) is 4.19. The summed E-state index contributed by atoms with van der Waals surface area (Å²) in [5.41, 5.74) is 0.256. The van der Waals surface area contributed by atoms with Gasteiger partial charge in [-0.05, 0) is 47.9 Å². The van der Waals surface area contributed by atoms with Crippen LogP contribution in [0.3, 0.4) is 0 Å². The van der Waals surface area contributed by atoms with Gasteiger partial charge in [0, 0.05) is 0 Å². The van der Waals surface area contributed by atoms with Crippen LogP contribution in [0.4, 0.5) is 13.7 Å². The summed E-state index contributed by atoms with van der Waals surface area (Å²) in [4.78, 5) is 22.6. The van der Waals surface area contributed by atoms with Crippen LogP contribution in [0.1, 0.15) is 44.1 Å². The van der Waals surface area contributed by atoms with Crippen molar-refractivity contribution in [3.05, 3.63) is 33.4 Å². The van der Waals surface area contributed by atoms with Crippen molar-refractivity contribution in [1.82, 2.24) is 5.12 Å². The third-order valence-corrected chi connectivity index (χ3v) is 5.69. The average Bonchev–Trinajstić information content (AvgIpc) is 2.85. The highest BCUT2D eigenvalue weighted by Gasteiger charge is 2.35. The van der Waals surface area contributed by atoms with E-state index in [0.29, 0.717) is 24.3 Å². The van der Waals surface area contributed by atoms with Crippen LogP contribution in [-0.4, -0.2) is 22.9 Å². The Kier molecular flexibility index (Phi) is 6.19. The van der Waals surface area contributed by atoms with Crippen LogP contribution in [0.2, 0.25) is 5.02 Å². The number of benzene rings is 1. The zero-order valence-electron chi connectivity index (χ0n) is 14.0. The summed E-state index contributed by atoms with van der Waals surface area (Å²) in [6.45, 7) is 0.390. The number of halogens is 3. The maximum atomic E-state index is 14.3. The molecule has 1 aromatic carbocycles. The molecule has 0 aromatic heterocycles. The van der Waals surface area contributed by atoms with Crippen LogP contribution in [0.15, 0.2) is 17.0 Å². The van der Waals surface area contributed by atoms with Gasteiger partial charge in [0.05, 0.1) is 16.5 Å². The first-order valence-electron chi connectivity index (χ1n) is 8.51. The van der Waals surface area contributed by atoms with E-state index in [0.717, 1.165) is 12.5 Å². The van der Waals surface area contributed by atoms with Crippen molar-refractivity contribution in [2.45, 2.75) is 38.5 Å². The second kappa shape index (κ2) is 8.39. The first-order chi connectivity index (χ1) is 12.5. The molecular weight excluding hydrogens is 384 g/mol. The van der Waals surface area contributed by atoms with Crippen LogP contribution in [0, 0.1) is 11.7 Å². The summed E-state index contributed by atoms with van der Waals surface area (Å²) in [5, 5.41) is -1.42. The lowest BCUT2D eigenvalue weighted by molar-refractivity contribution is -0.132. The quantitative estimate of drug-likeness (QED) is 0.465. The van der Waals surface area contributed by atoms with Gasteiger partial charge in [0.25, 0.3) is 5.91 Å². The first-order valence-corrected chi connectivity index (χ1v) is 9.70. The molecule has 1 aliphatic carbocycles. The summed E-state index contributed by atoms with van der Waals surface area (Å²) in [7, 11) is 0. The Bertz CT molecular complexity index is 727. The molecule has 0 bridgehead atoms. The molecule has 1 saturated carbocycles. The van der Waals surface area contributed by atoms with Crippen molar-refractivity contribution >= 4 is 40.6 Å². The van der Waals surface area contributed by atoms with Crippen LogP contribution in [0.25, 0.3) is 6.08 Å². The van der Waals surface area contributed by atoms with Gasteiger partial charge in [0.2, 0.25) is 0 Å². The van der Waals surface area contributed by atoms with E-state index in [9.17, 15) is 18.5 Å². The van der Waals surface area contributed by atoms with Crippen molar-refractivity contribution in [1.29, 1.82) is 0 Å². The number of hydrogen-bond acceptors (Lipinski definition) is 4. The largest absolute Gasteiger partial charge is 0.489 e. The minimum atomic E-state index is -1.07. The fraction of sp³-hybridized carbons (Fsp3) is 0.444. The predicted octanol–water partition coefficient (Wildman–Crippen LogP) is 5.75. The lowest BCUT2D eigenvalue weighted by atomic mass is 9.87. The van der Waals surface area contributed by atoms with Crippen molar-refractivity contribution in [3.8, 4) is 5.75 Å². The monoisotopic (exact) mass is 401 g/mol. The summed E-state index contributed by atoms with van der Waals surface area (Å²) in [5.74, 6) is -1.14. The van der Waals surface area contributed by atoms with Crippen LogP contribution >= 0.6 is 23.4 Å². The number of nitrogens with zero attached hydrogens (tertiary/aromatic N) is 1. The number of ether oxygens (including phenoxy) is 1. The molecular formula is C18H18ClF2NO3S. The predicted molar refractivity (Wildman–Crippen MR) is 97.0 cm³/mol. The molecule has 0 spiro atoms. The minimum absolute atomic E-state index is 0.0294. The van der Waals surface area contributed by atoms with Gasteiger partial charge in [-0.1, -0.05) is 53.3 Å². The number of carbonyl (C=O) groups excluding carboxylic acids is 2. The first kappa shape index (κ1) is 19.2. The Hall–Kier alpha value is -1.60. The molecule has 8 heteroatoms. The second-order valence-electron chi connectivity index (χ2n) is 6.42. The standard InChI is InChI=1S/C18H18ClF2NO3S/c19-13-8-12(10-15-17(23)22(21)18(24)26-15)9-14(20)16(13)25-7-6-11-4-2-1-3-5-11/h8-11H,1-7H2/b15-10-. The van der Waals surface area contributed by atoms with E-state index in [2.05, 4.69) is 0 Å². The number of thioether (sulfide) groups is 1. The third kappa shape index (κ3) is 4.38. The van der Waals surface area contributed by atoms with Gasteiger partial charge in [-0.2, -0.15) is 0 Å². The summed E-state index contributed by atoms with van der Waals surface area (Å²) < 4.78 is 33.0. The molecule has 1 saturated heterocycles. The number of hydrogen-bond donors (Lipinski definition) is 0. The van der Waals surface area contributed by atoms with Gasteiger partial charge < -0.3 is 4.74 Å². The van der Waals surface area contributed by atoms with E-state index in [1.54, 1.807) is 0 Å². The minimum Gasteiger partial charge on any atom is -0.489 e. The van der Waals surface area contributed by atoms with Crippen LogP contribution < -0.4 is 4.74 Å². The van der Waals surface area contributed by atoms with E-state index in [-0.39, 0.29) is 21.2 Å². The zero-order valence-corrected chi connectivity index (χ0v) is 15.5. The Morgan fingerprint density at radius 3 is 2.62 bits per heavy atom. The molecule has 4 nitrogen and oxygen atoms in total. The molecule has 0 unspecified atom stereocenters. The van der Waals surface area contributed by atoms with Crippen molar-refractivity contribution < 1.29 is 23.2 Å². The van der Waals surface area contributed by atoms with Gasteiger partial charge in [0.15, 0.2) is 11.6 Å². The summed E-state index contributed by atoms with van der Waals surface area (Å²) >= 11 is 6.55. The summed E-state index contributed by atoms with van der Waals surface area (Å²) in [6.07, 6.45) is 8.20. The Balaban J connectivity index is 1.66. The van der Waals surface area contributed by atoms with Gasteiger partial charge in [-0.25, -0.2) is 4.39 Å². The van der Waals surface area contributed by atoms with Crippen molar-refractivity contribution in [3.63, 3.8) is 0 Å². The smallest absolute Gasteiger partial charge is 0.322 e. The van der Waals surface area contributed by atoms with E-state index >= 15 is 0 Å². The number of rotatable bonds is 5. The molecule has 2 fully saturated rings. The van der Waals surface area contributed by atoms with Gasteiger partial charge in [-0.15, -0.1) is 0 Å². The molecule has 0 atom stereocenters. The van der Waals surface area contributed by atoms with Gasteiger partial charge in [0.1, 0.15) is 0 Å².